The maximum absolute atomic E-state index is 8.41. The third-order valence-corrected chi connectivity index (χ3v) is 2.21. The molecule has 4 heteroatoms. The van der Waals surface area contributed by atoms with Crippen LogP contribution in [0.1, 0.15) is 5.56 Å². The third-order valence-electron chi connectivity index (χ3n) is 1.89. The van der Waals surface area contributed by atoms with Crippen LogP contribution in [0.4, 0.5) is 0 Å². The molecule has 0 bridgehead atoms. The zero-order chi connectivity index (χ0) is 9.97. The van der Waals surface area contributed by atoms with Crippen molar-refractivity contribution in [2.75, 3.05) is 0 Å². The van der Waals surface area contributed by atoms with Crippen LogP contribution in [-0.4, -0.2) is 9.97 Å². The van der Waals surface area contributed by atoms with E-state index in [1.807, 2.05) is 6.07 Å². The lowest BCUT2D eigenvalue weighted by atomic mass is 10.2. The average Bonchev–Trinajstić information content (AvgIpc) is 2.59. The van der Waals surface area contributed by atoms with E-state index in [2.05, 4.69) is 9.97 Å². The van der Waals surface area contributed by atoms with Gasteiger partial charge in [-0.2, -0.15) is 5.26 Å². The molecule has 3 nitrogen and oxygen atoms in total. The zero-order valence-corrected chi connectivity index (χ0v) is 7.92. The van der Waals surface area contributed by atoms with Crippen LogP contribution in [0, 0.1) is 11.3 Å². The van der Waals surface area contributed by atoms with Gasteiger partial charge in [0.1, 0.15) is 5.65 Å². The molecule has 0 unspecified atom stereocenters. The van der Waals surface area contributed by atoms with E-state index in [0.29, 0.717) is 5.02 Å². The molecule has 0 fully saturated rings. The predicted molar refractivity (Wildman–Crippen MR) is 55.8 cm³/mol. The van der Waals surface area contributed by atoms with Crippen molar-refractivity contribution in [2.45, 2.75) is 0 Å². The number of hydrogen-bond donors (Lipinski definition) is 1. The van der Waals surface area contributed by atoms with E-state index in [-0.39, 0.29) is 0 Å². The number of aromatic amines is 1. The van der Waals surface area contributed by atoms with Crippen LogP contribution in [0.5, 0.6) is 0 Å². The molecule has 0 saturated carbocycles. The van der Waals surface area contributed by atoms with Gasteiger partial charge in [-0.1, -0.05) is 11.6 Å². The van der Waals surface area contributed by atoms with Crippen LogP contribution in [-0.2, 0) is 0 Å². The molecule has 0 amide bonds. The molecular weight excluding hydrogens is 198 g/mol. The Hall–Kier alpha value is -1.79. The van der Waals surface area contributed by atoms with Gasteiger partial charge < -0.3 is 4.98 Å². The van der Waals surface area contributed by atoms with Gasteiger partial charge in [-0.25, -0.2) is 4.98 Å². The molecule has 0 aliphatic heterocycles. The molecule has 0 aliphatic carbocycles. The third kappa shape index (κ3) is 1.36. The Kier molecular flexibility index (Phi) is 2.21. The first kappa shape index (κ1) is 8.79. The van der Waals surface area contributed by atoms with E-state index in [4.69, 9.17) is 16.9 Å². The Morgan fingerprint density at radius 3 is 3.21 bits per heavy atom. The Bertz CT molecular complexity index is 534. The highest BCUT2D eigenvalue weighted by Gasteiger charge is 2.05. The molecule has 1 N–H and O–H groups in total. The van der Waals surface area contributed by atoms with Crippen LogP contribution in [0.3, 0.4) is 0 Å². The monoisotopic (exact) mass is 203 g/mol. The van der Waals surface area contributed by atoms with Crippen molar-refractivity contribution in [2.24, 2.45) is 0 Å². The fourth-order valence-corrected chi connectivity index (χ4v) is 1.55. The molecule has 0 atom stereocenters. The number of H-pyrrole nitrogens is 1. The fraction of sp³-hybridized carbons (Fsp3) is 0. The summed E-state index contributed by atoms with van der Waals surface area (Å²) in [5.41, 5.74) is 1.61. The van der Waals surface area contributed by atoms with Crippen molar-refractivity contribution in [3.8, 4) is 6.07 Å². The first-order chi connectivity index (χ1) is 6.83. The molecule has 0 saturated heterocycles. The minimum atomic E-state index is 0.633. The van der Waals surface area contributed by atoms with Crippen LogP contribution in [0.25, 0.3) is 17.1 Å². The minimum absolute atomic E-state index is 0.633. The minimum Gasteiger partial charge on any atom is -0.345 e. The number of pyridine rings is 1. The summed E-state index contributed by atoms with van der Waals surface area (Å²) in [6, 6.07) is 3.66. The molecule has 0 spiro atoms. The van der Waals surface area contributed by atoms with Crippen LogP contribution < -0.4 is 0 Å². The summed E-state index contributed by atoms with van der Waals surface area (Å²) in [7, 11) is 0. The smallest absolute Gasteiger partial charge is 0.139 e. The molecular formula is C10H6ClN3. The lowest BCUT2D eigenvalue weighted by Crippen LogP contribution is -1.76. The van der Waals surface area contributed by atoms with E-state index in [1.165, 1.54) is 6.08 Å². The van der Waals surface area contributed by atoms with Crippen LogP contribution in [0.15, 0.2) is 24.5 Å². The molecule has 2 aromatic heterocycles. The predicted octanol–water partition coefficient (Wildman–Crippen LogP) is 2.75. The zero-order valence-electron chi connectivity index (χ0n) is 7.16. The maximum Gasteiger partial charge on any atom is 0.139 e. The van der Waals surface area contributed by atoms with Crippen molar-refractivity contribution in [3.63, 3.8) is 0 Å². The molecule has 2 rings (SSSR count). The highest BCUT2D eigenvalue weighted by molar-refractivity contribution is 6.35. The number of rotatable bonds is 1. The topological polar surface area (TPSA) is 52.5 Å². The quantitative estimate of drug-likeness (QED) is 0.725. The number of hydrogen-bond acceptors (Lipinski definition) is 2. The average molecular weight is 204 g/mol. The summed E-state index contributed by atoms with van der Waals surface area (Å²) in [4.78, 5) is 7.10. The number of aromatic nitrogens is 2. The lowest BCUT2D eigenvalue weighted by Gasteiger charge is -1.93. The van der Waals surface area contributed by atoms with Crippen LogP contribution >= 0.6 is 11.6 Å². The van der Waals surface area contributed by atoms with E-state index in [1.54, 1.807) is 24.5 Å². The Labute approximate surface area is 85.6 Å². The van der Waals surface area contributed by atoms with Gasteiger partial charge in [0.2, 0.25) is 0 Å². The molecule has 68 valence electrons. The van der Waals surface area contributed by atoms with Crippen molar-refractivity contribution in [3.05, 3.63) is 35.1 Å². The van der Waals surface area contributed by atoms with Crippen molar-refractivity contribution >= 4 is 28.7 Å². The number of nitrogens with one attached hydrogen (secondary N) is 1. The van der Waals surface area contributed by atoms with Gasteiger partial charge in [0, 0.05) is 29.4 Å². The summed E-state index contributed by atoms with van der Waals surface area (Å²) in [5.74, 6) is 0. The molecule has 0 aliphatic rings. The van der Waals surface area contributed by atoms with Crippen molar-refractivity contribution in [1.29, 1.82) is 5.26 Å². The Balaban J connectivity index is 2.68. The van der Waals surface area contributed by atoms with E-state index >= 15 is 0 Å². The van der Waals surface area contributed by atoms with Crippen molar-refractivity contribution in [1.82, 2.24) is 9.97 Å². The standard InChI is InChI=1S/C10H6ClN3/c11-8-3-5-13-10-9(8)7(6-14-10)2-1-4-12/h1-3,5-6H,(H,13,14). The lowest BCUT2D eigenvalue weighted by molar-refractivity contribution is 1.33. The number of fused-ring (bicyclic) bond motifs is 1. The maximum atomic E-state index is 8.41. The molecule has 0 radical (unpaired) electrons. The normalized spacial score (nSPS) is 10.9. The second kappa shape index (κ2) is 3.52. The van der Waals surface area contributed by atoms with E-state index < -0.39 is 0 Å². The number of nitriles is 1. The number of nitrogens with zero attached hydrogens (tertiary/aromatic N) is 2. The largest absolute Gasteiger partial charge is 0.345 e. The van der Waals surface area contributed by atoms with Gasteiger partial charge in [0.15, 0.2) is 0 Å². The van der Waals surface area contributed by atoms with Gasteiger partial charge in [0.25, 0.3) is 0 Å². The van der Waals surface area contributed by atoms with E-state index in [9.17, 15) is 0 Å². The summed E-state index contributed by atoms with van der Waals surface area (Å²) >= 11 is 6.01. The summed E-state index contributed by atoms with van der Waals surface area (Å²) in [5, 5.41) is 9.89. The van der Waals surface area contributed by atoms with Crippen LogP contribution in [0.2, 0.25) is 5.02 Å². The van der Waals surface area contributed by atoms with E-state index in [0.717, 1.165) is 16.6 Å². The molecule has 14 heavy (non-hydrogen) atoms. The summed E-state index contributed by atoms with van der Waals surface area (Å²) in [6.07, 6.45) is 6.52. The molecule has 0 aromatic carbocycles. The van der Waals surface area contributed by atoms with Gasteiger partial charge in [0.05, 0.1) is 11.1 Å². The molecule has 2 aromatic rings. The summed E-state index contributed by atoms with van der Waals surface area (Å²) in [6.45, 7) is 0. The highest BCUT2D eigenvalue weighted by Crippen LogP contribution is 2.25. The number of halogens is 1. The molecule has 2 heterocycles. The highest BCUT2D eigenvalue weighted by atomic mass is 35.5. The second-order valence-electron chi connectivity index (χ2n) is 2.72. The Morgan fingerprint density at radius 2 is 2.43 bits per heavy atom. The second-order valence-corrected chi connectivity index (χ2v) is 3.13. The Morgan fingerprint density at radius 1 is 1.57 bits per heavy atom. The first-order valence-corrected chi connectivity index (χ1v) is 4.38. The van der Waals surface area contributed by atoms with Gasteiger partial charge in [-0.15, -0.1) is 0 Å². The van der Waals surface area contributed by atoms with Gasteiger partial charge in [-0.3, -0.25) is 0 Å². The first-order valence-electron chi connectivity index (χ1n) is 4.00. The van der Waals surface area contributed by atoms with Gasteiger partial charge in [-0.05, 0) is 12.1 Å². The number of allylic oxidation sites excluding steroid dienone is 1. The van der Waals surface area contributed by atoms with Crippen molar-refractivity contribution < 1.29 is 0 Å². The summed E-state index contributed by atoms with van der Waals surface area (Å²) < 4.78 is 0. The fourth-order valence-electron chi connectivity index (χ4n) is 1.30. The van der Waals surface area contributed by atoms with Gasteiger partial charge >= 0.3 is 0 Å². The SMILES string of the molecule is N#CC=Cc1c[nH]c2nccc(Cl)c12.